The zero-order valence-electron chi connectivity index (χ0n) is 9.11. The minimum absolute atomic E-state index is 0.0581. The minimum Gasteiger partial charge on any atom is -0.383 e. The summed E-state index contributed by atoms with van der Waals surface area (Å²) in [5.74, 6) is 0.156. The Bertz CT molecular complexity index is 324. The molecule has 18 heavy (non-hydrogen) atoms. The third-order valence-electron chi connectivity index (χ3n) is 1.41. The molecule has 0 saturated heterocycles. The Kier molecular flexibility index (Phi) is 13.4. The van der Waals surface area contributed by atoms with Crippen molar-refractivity contribution in [1.29, 1.82) is 0 Å². The average molecular weight is 277 g/mol. The number of nitrogens with zero attached hydrogens (tertiary/aromatic N) is 3. The van der Waals surface area contributed by atoms with Crippen LogP contribution in [0.3, 0.4) is 0 Å². The number of nitrogens with one attached hydrogen (secondary N) is 1. The van der Waals surface area contributed by atoms with Gasteiger partial charge in [-0.1, -0.05) is 0 Å². The number of halogens is 4. The summed E-state index contributed by atoms with van der Waals surface area (Å²) >= 11 is 0. The van der Waals surface area contributed by atoms with Gasteiger partial charge >= 0.3 is 0 Å². The van der Waals surface area contributed by atoms with Crippen LogP contribution in [0.2, 0.25) is 0 Å². The number of rotatable bonds is 4. The van der Waals surface area contributed by atoms with Gasteiger partial charge in [0, 0.05) is 25.4 Å². The first-order valence-electron chi connectivity index (χ1n) is 4.10. The molecule has 0 unspecified atom stereocenters. The smallest absolute Gasteiger partial charge is 0.199 e. The van der Waals surface area contributed by atoms with Crippen LogP contribution in [0.4, 0.5) is 24.1 Å². The van der Waals surface area contributed by atoms with Crippen molar-refractivity contribution in [2.75, 3.05) is 26.0 Å². The van der Waals surface area contributed by atoms with Crippen molar-refractivity contribution in [2.45, 2.75) is 0 Å². The van der Waals surface area contributed by atoms with E-state index in [0.29, 0.717) is 13.2 Å². The van der Waals surface area contributed by atoms with Gasteiger partial charge in [0.05, 0.1) is 13.2 Å². The summed E-state index contributed by atoms with van der Waals surface area (Å²) in [6.07, 6.45) is 0. The maximum absolute atomic E-state index is 8.74. The summed E-state index contributed by atoms with van der Waals surface area (Å²) in [4.78, 5) is 3.92. The molecule has 4 N–H and O–H groups in total. The second kappa shape index (κ2) is 13.1. The first-order chi connectivity index (χ1) is 8.79. The molecule has 1 aromatic rings. The fourth-order valence-electron chi connectivity index (χ4n) is 0.772. The molecule has 0 fully saturated rings. The van der Waals surface area contributed by atoms with Crippen molar-refractivity contribution in [2.24, 2.45) is 4.99 Å². The fourth-order valence-corrected chi connectivity index (χ4v) is 0.772. The topological polar surface area (TPSA) is 119 Å². The lowest BCUT2D eigenvalue weighted by atomic mass is 10.4. The standard InChI is InChI=1S/C6H11N5O3.2F2/c1-13-3-2-8-6(9-12)4-5(7)11-14-10-4;2*1-2/h12H,2-3H2,1H3,(H2,7,11)(H,8,9);;. The van der Waals surface area contributed by atoms with Crippen molar-refractivity contribution in [1.82, 2.24) is 15.8 Å². The normalized spacial score (nSPS) is 9.78. The molecule has 0 aliphatic rings. The van der Waals surface area contributed by atoms with Gasteiger partial charge in [-0.05, 0) is 10.3 Å². The predicted octanol–water partition coefficient (Wildman–Crippen LogP) is 0.704. The first-order valence-corrected chi connectivity index (χ1v) is 4.10. The molecule has 0 radical (unpaired) electrons. The zero-order valence-corrected chi connectivity index (χ0v) is 9.11. The molecule has 1 heterocycles. The number of hydrogen-bond acceptors (Lipinski definition) is 7. The van der Waals surface area contributed by atoms with Crippen LogP contribution in [0.15, 0.2) is 9.62 Å². The first kappa shape index (κ1) is 18.4. The Hall–Kier alpha value is -1.95. The van der Waals surface area contributed by atoms with Gasteiger partial charge in [-0.15, -0.1) is 0 Å². The molecule has 0 spiro atoms. The van der Waals surface area contributed by atoms with Crippen molar-refractivity contribution in [3.05, 3.63) is 5.69 Å². The van der Waals surface area contributed by atoms with E-state index in [0.717, 1.165) is 0 Å². The number of amidine groups is 1. The molecule has 12 heteroatoms. The van der Waals surface area contributed by atoms with Crippen molar-refractivity contribution >= 4 is 11.7 Å². The molecule has 0 amide bonds. The van der Waals surface area contributed by atoms with Crippen molar-refractivity contribution < 1.29 is 32.9 Å². The Balaban J connectivity index is 0. The van der Waals surface area contributed by atoms with Gasteiger partial charge in [0.15, 0.2) is 17.3 Å². The highest BCUT2D eigenvalue weighted by molar-refractivity contribution is 5.99. The van der Waals surface area contributed by atoms with Crippen LogP contribution in [-0.2, 0) is 4.74 Å². The summed E-state index contributed by atoms with van der Waals surface area (Å²) in [5.41, 5.74) is 7.42. The number of aromatic nitrogens is 2. The Morgan fingerprint density at radius 2 is 2.06 bits per heavy atom. The quantitative estimate of drug-likeness (QED) is 0.244. The van der Waals surface area contributed by atoms with Crippen LogP contribution in [-0.4, -0.2) is 41.6 Å². The maximum atomic E-state index is 8.74. The third-order valence-corrected chi connectivity index (χ3v) is 1.41. The molecule has 1 aromatic heterocycles. The van der Waals surface area contributed by atoms with Crippen molar-refractivity contribution in [3.63, 3.8) is 0 Å². The molecular weight excluding hydrogens is 266 g/mol. The van der Waals surface area contributed by atoms with Gasteiger partial charge in [-0.2, -0.15) is 0 Å². The molecule has 106 valence electrons. The van der Waals surface area contributed by atoms with Crippen LogP contribution in [0.5, 0.6) is 0 Å². The number of hydroxylamine groups is 1. The van der Waals surface area contributed by atoms with Crippen LogP contribution < -0.4 is 11.2 Å². The number of aliphatic imine (C=N–C) groups is 1. The van der Waals surface area contributed by atoms with E-state index in [1.54, 1.807) is 7.11 Å². The number of ether oxygens (including phenoxy) is 1. The van der Waals surface area contributed by atoms with Crippen LogP contribution in [0, 0.1) is 0 Å². The second-order valence-electron chi connectivity index (χ2n) is 2.33. The Labute approximate surface area is 98.1 Å². The van der Waals surface area contributed by atoms with E-state index in [9.17, 15) is 0 Å². The van der Waals surface area contributed by atoms with E-state index in [-0.39, 0.29) is 17.3 Å². The van der Waals surface area contributed by atoms with E-state index in [2.05, 4.69) is 19.9 Å². The zero-order chi connectivity index (χ0) is 14.4. The van der Waals surface area contributed by atoms with Gasteiger partial charge in [-0.3, -0.25) is 15.7 Å². The Morgan fingerprint density at radius 1 is 1.44 bits per heavy atom. The van der Waals surface area contributed by atoms with E-state index in [4.69, 9.17) is 34.0 Å². The van der Waals surface area contributed by atoms with Crippen LogP contribution in [0.1, 0.15) is 5.69 Å². The summed E-state index contributed by atoms with van der Waals surface area (Å²) in [6.45, 7) is 0.794. The molecule has 8 nitrogen and oxygen atoms in total. The van der Waals surface area contributed by atoms with E-state index in [1.165, 1.54) is 0 Å². The highest BCUT2D eigenvalue weighted by atomic mass is 20.0. The van der Waals surface area contributed by atoms with Crippen LogP contribution >= 0.6 is 0 Å². The second-order valence-corrected chi connectivity index (χ2v) is 2.33. The number of anilines is 1. The predicted molar refractivity (Wildman–Crippen MR) is 51.3 cm³/mol. The summed E-state index contributed by atoms with van der Waals surface area (Å²) in [6, 6.07) is 0. The van der Waals surface area contributed by atoms with E-state index < -0.39 is 0 Å². The van der Waals surface area contributed by atoms with Crippen molar-refractivity contribution in [3.8, 4) is 0 Å². The average Bonchev–Trinajstić information content (AvgIpc) is 2.86. The lowest BCUT2D eigenvalue weighted by Crippen LogP contribution is -2.22. The monoisotopic (exact) mass is 277 g/mol. The lowest BCUT2D eigenvalue weighted by Gasteiger charge is -2.00. The molecular formula is C6H11F4N5O3. The lowest BCUT2D eigenvalue weighted by molar-refractivity contribution is 0.108. The SMILES string of the molecule is COCCN=C(NO)c1nonc1N.FF.FF. The molecule has 0 aromatic carbocycles. The number of hydrogen-bond donors (Lipinski definition) is 3. The third kappa shape index (κ3) is 6.59. The minimum atomic E-state index is 0.0581. The fraction of sp³-hybridized carbons (Fsp3) is 0.500. The molecule has 0 saturated carbocycles. The van der Waals surface area contributed by atoms with Gasteiger partial charge in [0.2, 0.25) is 0 Å². The number of nitrogens with two attached hydrogens (primary N) is 1. The van der Waals surface area contributed by atoms with E-state index in [1.807, 2.05) is 5.48 Å². The highest BCUT2D eigenvalue weighted by Crippen LogP contribution is 2.03. The van der Waals surface area contributed by atoms with Gasteiger partial charge in [0.25, 0.3) is 0 Å². The largest absolute Gasteiger partial charge is 0.383 e. The molecule has 0 aliphatic heterocycles. The van der Waals surface area contributed by atoms with E-state index >= 15 is 0 Å². The number of nitrogen functional groups attached to an aromatic ring is 1. The molecule has 0 aliphatic carbocycles. The summed E-state index contributed by atoms with van der Waals surface area (Å²) in [7, 11) is 1.55. The summed E-state index contributed by atoms with van der Waals surface area (Å²) < 4.78 is 41.1. The maximum Gasteiger partial charge on any atom is 0.199 e. The molecule has 0 atom stereocenters. The van der Waals surface area contributed by atoms with Gasteiger partial charge < -0.3 is 10.5 Å². The Morgan fingerprint density at radius 3 is 2.44 bits per heavy atom. The molecule has 1 rings (SSSR count). The highest BCUT2D eigenvalue weighted by Gasteiger charge is 2.12. The molecule has 0 bridgehead atoms. The summed E-state index contributed by atoms with van der Waals surface area (Å²) in [5, 5.41) is 15.5. The van der Waals surface area contributed by atoms with Crippen LogP contribution in [0.25, 0.3) is 0 Å². The number of methoxy groups -OCH3 is 1. The van der Waals surface area contributed by atoms with Gasteiger partial charge in [0.1, 0.15) is 0 Å². The van der Waals surface area contributed by atoms with Gasteiger partial charge in [-0.25, -0.2) is 4.63 Å².